The molecular formula is C36H31IrN3OS-2. The van der Waals surface area contributed by atoms with Gasteiger partial charge in [-0.25, -0.2) is 4.98 Å². The smallest absolute Gasteiger partial charge is 0.148 e. The molecule has 213 valence electrons. The molecule has 4 heterocycles. The van der Waals surface area contributed by atoms with Crippen LogP contribution in [0.15, 0.2) is 83.5 Å². The first kappa shape index (κ1) is 29.8. The van der Waals surface area contributed by atoms with Crippen LogP contribution in [0.2, 0.25) is 0 Å². The molecule has 0 aliphatic heterocycles. The van der Waals surface area contributed by atoms with Crippen LogP contribution in [0.1, 0.15) is 42.5 Å². The Hall–Kier alpha value is -3.70. The van der Waals surface area contributed by atoms with Gasteiger partial charge < -0.3 is 14.4 Å². The summed E-state index contributed by atoms with van der Waals surface area (Å²) < 4.78 is 7.58. The van der Waals surface area contributed by atoms with Gasteiger partial charge in [0.15, 0.2) is 0 Å². The van der Waals surface area contributed by atoms with E-state index in [4.69, 9.17) is 9.40 Å². The van der Waals surface area contributed by atoms with E-state index in [1.165, 1.54) is 16.7 Å². The zero-order chi connectivity index (χ0) is 28.7. The number of nitrogens with zero attached hydrogens (tertiary/aromatic N) is 3. The van der Waals surface area contributed by atoms with E-state index in [9.17, 15) is 0 Å². The molecule has 6 heteroatoms. The van der Waals surface area contributed by atoms with Gasteiger partial charge in [0.25, 0.3) is 0 Å². The van der Waals surface area contributed by atoms with Gasteiger partial charge in [0, 0.05) is 43.3 Å². The summed E-state index contributed by atoms with van der Waals surface area (Å²) in [5, 5.41) is 3.29. The van der Waals surface area contributed by atoms with Crippen LogP contribution in [-0.2, 0) is 25.5 Å². The zero-order valence-electron chi connectivity index (χ0n) is 24.5. The number of hydrogen-bond donors (Lipinski definition) is 0. The van der Waals surface area contributed by atoms with Crippen LogP contribution >= 0.6 is 11.3 Å². The van der Waals surface area contributed by atoms with E-state index in [1.54, 1.807) is 11.3 Å². The van der Waals surface area contributed by atoms with Crippen molar-refractivity contribution in [1.29, 1.82) is 0 Å². The minimum Gasteiger partial charge on any atom is -0.498 e. The number of fused-ring (bicyclic) bond motifs is 5. The summed E-state index contributed by atoms with van der Waals surface area (Å²) in [5.74, 6) is 0. The maximum Gasteiger partial charge on any atom is 0.148 e. The van der Waals surface area contributed by atoms with Crippen LogP contribution in [0.25, 0.3) is 54.7 Å². The number of thiazole rings is 1. The number of pyridine rings is 2. The number of aryl methyl sites for hydroxylation is 3. The summed E-state index contributed by atoms with van der Waals surface area (Å²) in [5.41, 5.74) is 10.0. The van der Waals surface area contributed by atoms with Crippen LogP contribution in [0.5, 0.6) is 0 Å². The van der Waals surface area contributed by atoms with E-state index in [0.717, 1.165) is 59.7 Å². The molecule has 0 amide bonds. The van der Waals surface area contributed by atoms with Gasteiger partial charge in [-0.05, 0) is 49.4 Å². The Bertz CT molecular complexity index is 2000. The van der Waals surface area contributed by atoms with Gasteiger partial charge in [0.05, 0.1) is 15.3 Å². The van der Waals surface area contributed by atoms with Crippen LogP contribution < -0.4 is 0 Å². The molecule has 4 nitrogen and oxygen atoms in total. The average molecular weight is 746 g/mol. The topological polar surface area (TPSA) is 51.8 Å². The van der Waals surface area contributed by atoms with Crippen molar-refractivity contribution in [3.8, 4) is 22.5 Å². The number of rotatable bonds is 2. The number of aromatic nitrogens is 3. The summed E-state index contributed by atoms with van der Waals surface area (Å²) >= 11 is 1.74. The molecule has 4 aromatic heterocycles. The summed E-state index contributed by atoms with van der Waals surface area (Å²) in [4.78, 5) is 13.9. The van der Waals surface area contributed by atoms with E-state index in [1.807, 2.05) is 55.7 Å². The maximum absolute atomic E-state index is 6.42. The van der Waals surface area contributed by atoms with E-state index in [-0.39, 0.29) is 25.5 Å². The monoisotopic (exact) mass is 746 g/mol. The number of hydrogen-bond acceptors (Lipinski definition) is 5. The summed E-state index contributed by atoms with van der Waals surface area (Å²) in [7, 11) is 0. The van der Waals surface area contributed by atoms with Crippen molar-refractivity contribution in [1.82, 2.24) is 15.0 Å². The summed E-state index contributed by atoms with van der Waals surface area (Å²) in [6.45, 7) is 12.8. The summed E-state index contributed by atoms with van der Waals surface area (Å²) in [6.07, 6.45) is 3.78. The standard InChI is InChI=1S/C24H21N2OS.C12H10N.Ir/c1-13-11-18(25-12-14(13)2)17-8-6-7-15-16-9-10-19-20(22(16)27-21(15)17)26-23(28-19)24(3,4)5;1-10-7-8-12(13-9-10)11-5-3-2-4-6-11;/h6-7,9-12H,1-5H3;2-5,7-9H,1H3;/q2*-1;. The minimum atomic E-state index is 0. The van der Waals surface area contributed by atoms with Gasteiger partial charge in [0.2, 0.25) is 0 Å². The third-order valence-corrected chi connectivity index (χ3v) is 8.57. The van der Waals surface area contributed by atoms with Gasteiger partial charge in [-0.3, -0.25) is 0 Å². The molecule has 7 rings (SSSR count). The molecule has 0 aliphatic carbocycles. The first-order valence-electron chi connectivity index (χ1n) is 13.7. The first-order chi connectivity index (χ1) is 19.7. The molecule has 7 aromatic rings. The molecule has 0 spiro atoms. The van der Waals surface area contributed by atoms with Gasteiger partial charge in [-0.1, -0.05) is 61.5 Å². The van der Waals surface area contributed by atoms with Crippen molar-refractivity contribution in [2.45, 2.75) is 47.0 Å². The SMILES string of the molecule is Cc1ccc(-c2[c-]cccc2)nc1.Cc1cnc(-c2[c-]ccc3c2oc2c3ccc3sc(C(C)(C)C)nc32)cc1C.[Ir]. The average Bonchev–Trinajstić information content (AvgIpc) is 3.58. The third kappa shape index (κ3) is 5.80. The van der Waals surface area contributed by atoms with Crippen molar-refractivity contribution in [2.24, 2.45) is 0 Å². The molecule has 0 saturated carbocycles. The molecule has 42 heavy (non-hydrogen) atoms. The Labute approximate surface area is 264 Å². The van der Waals surface area contributed by atoms with Crippen LogP contribution in [0.4, 0.5) is 0 Å². The predicted octanol–water partition coefficient (Wildman–Crippen LogP) is 9.83. The summed E-state index contributed by atoms with van der Waals surface area (Å²) in [6, 6.07) is 28.8. The van der Waals surface area contributed by atoms with Crippen LogP contribution in [0, 0.1) is 32.9 Å². The van der Waals surface area contributed by atoms with Crippen molar-refractivity contribution in [3.05, 3.63) is 113 Å². The fourth-order valence-electron chi connectivity index (χ4n) is 4.64. The Morgan fingerprint density at radius 3 is 2.24 bits per heavy atom. The van der Waals surface area contributed by atoms with E-state index in [2.05, 4.69) is 87.1 Å². The number of benzene rings is 3. The Balaban J connectivity index is 0.000000212. The van der Waals surface area contributed by atoms with Crippen molar-refractivity contribution in [3.63, 3.8) is 0 Å². The van der Waals surface area contributed by atoms with Crippen molar-refractivity contribution in [2.75, 3.05) is 0 Å². The molecule has 0 aliphatic rings. The number of furan rings is 1. The maximum atomic E-state index is 6.42. The molecule has 0 fully saturated rings. The molecule has 1 radical (unpaired) electrons. The quantitative estimate of drug-likeness (QED) is 0.166. The van der Waals surface area contributed by atoms with Gasteiger partial charge in [-0.2, -0.15) is 0 Å². The first-order valence-corrected chi connectivity index (χ1v) is 14.5. The second-order valence-electron chi connectivity index (χ2n) is 11.4. The second kappa shape index (κ2) is 11.9. The van der Waals surface area contributed by atoms with Crippen LogP contribution in [-0.4, -0.2) is 15.0 Å². The second-order valence-corrected chi connectivity index (χ2v) is 12.4. The van der Waals surface area contributed by atoms with E-state index >= 15 is 0 Å². The Kier molecular flexibility index (Phi) is 8.43. The molecule has 0 N–H and O–H groups in total. The largest absolute Gasteiger partial charge is 0.498 e. The van der Waals surface area contributed by atoms with Gasteiger partial charge >= 0.3 is 0 Å². The molecule has 0 unspecified atom stereocenters. The van der Waals surface area contributed by atoms with Gasteiger partial charge in [0.1, 0.15) is 11.1 Å². The fourth-order valence-corrected chi connectivity index (χ4v) is 5.66. The van der Waals surface area contributed by atoms with E-state index in [0.29, 0.717) is 0 Å². The third-order valence-electron chi connectivity index (χ3n) is 7.12. The van der Waals surface area contributed by atoms with Gasteiger partial charge in [-0.15, -0.1) is 65.4 Å². The fraction of sp³-hybridized carbons (Fsp3) is 0.194. The predicted molar refractivity (Wildman–Crippen MR) is 170 cm³/mol. The Morgan fingerprint density at radius 2 is 1.55 bits per heavy atom. The zero-order valence-corrected chi connectivity index (χ0v) is 27.7. The molecule has 0 atom stereocenters. The minimum absolute atomic E-state index is 0. The molecule has 0 bridgehead atoms. The van der Waals surface area contributed by atoms with Crippen LogP contribution in [0.3, 0.4) is 0 Å². The molecule has 0 saturated heterocycles. The van der Waals surface area contributed by atoms with E-state index < -0.39 is 0 Å². The van der Waals surface area contributed by atoms with Crippen molar-refractivity contribution < 1.29 is 24.5 Å². The molecular weight excluding hydrogens is 715 g/mol. The Morgan fingerprint density at radius 1 is 0.762 bits per heavy atom. The van der Waals surface area contributed by atoms with Crippen molar-refractivity contribution >= 4 is 43.5 Å². The molecule has 3 aromatic carbocycles. The normalized spacial score (nSPS) is 11.4.